The highest BCUT2D eigenvalue weighted by Crippen LogP contribution is 2.42. The second-order valence-electron chi connectivity index (χ2n) is 6.71. The molecule has 2 aromatic rings. The van der Waals surface area contributed by atoms with Crippen LogP contribution >= 0.6 is 0 Å². The smallest absolute Gasteiger partial charge is 0.129 e. The second kappa shape index (κ2) is 7.22. The highest BCUT2D eigenvalue weighted by Gasteiger charge is 2.31. The van der Waals surface area contributed by atoms with Gasteiger partial charge in [-0.25, -0.2) is 0 Å². The van der Waals surface area contributed by atoms with Crippen LogP contribution in [0, 0.1) is 11.3 Å². The van der Waals surface area contributed by atoms with Crippen LogP contribution in [0.4, 0.5) is 11.5 Å². The zero-order chi connectivity index (χ0) is 17.9. The molecule has 0 aliphatic carbocycles. The molecule has 2 N–H and O–H groups in total. The summed E-state index contributed by atoms with van der Waals surface area (Å²) < 4.78 is 5.47. The van der Waals surface area contributed by atoms with Gasteiger partial charge < -0.3 is 15.0 Å². The van der Waals surface area contributed by atoms with E-state index in [0.29, 0.717) is 0 Å². The summed E-state index contributed by atoms with van der Waals surface area (Å²) in [5.74, 6) is 0.812. The van der Waals surface area contributed by atoms with Crippen molar-refractivity contribution in [3.63, 3.8) is 0 Å². The fourth-order valence-corrected chi connectivity index (χ4v) is 3.81. The van der Waals surface area contributed by atoms with Crippen molar-refractivity contribution in [1.82, 2.24) is 10.2 Å². The molecule has 6 heteroatoms. The number of H-pyrrole nitrogens is 1. The molecule has 1 unspecified atom stereocenters. The molecule has 0 spiro atoms. The number of aromatic nitrogens is 2. The Bertz CT molecular complexity index is 857. The van der Waals surface area contributed by atoms with E-state index in [-0.39, 0.29) is 5.92 Å². The number of nitrogens with zero attached hydrogens (tertiary/aromatic N) is 3. The van der Waals surface area contributed by atoms with E-state index in [1.165, 1.54) is 5.69 Å². The molecule has 134 valence electrons. The monoisotopic (exact) mass is 349 g/mol. The van der Waals surface area contributed by atoms with E-state index < -0.39 is 0 Å². The summed E-state index contributed by atoms with van der Waals surface area (Å²) in [6.45, 7) is 5.43. The van der Waals surface area contributed by atoms with Gasteiger partial charge in [-0.05, 0) is 24.1 Å². The third kappa shape index (κ3) is 2.95. The quantitative estimate of drug-likeness (QED) is 0.885. The molecule has 6 nitrogen and oxygen atoms in total. The highest BCUT2D eigenvalue weighted by atomic mass is 16.5. The largest absolute Gasteiger partial charge is 0.378 e. The molecule has 0 bridgehead atoms. The third-order valence-corrected chi connectivity index (χ3v) is 5.07. The predicted molar refractivity (Wildman–Crippen MR) is 101 cm³/mol. The van der Waals surface area contributed by atoms with Crippen LogP contribution in [-0.4, -0.2) is 36.5 Å². The number of aromatic amines is 1. The molecule has 1 fully saturated rings. The van der Waals surface area contributed by atoms with Gasteiger partial charge in [0.05, 0.1) is 37.0 Å². The van der Waals surface area contributed by atoms with Crippen LogP contribution in [-0.2, 0) is 4.74 Å². The summed E-state index contributed by atoms with van der Waals surface area (Å²) >= 11 is 0. The number of anilines is 2. The Balaban J connectivity index is 1.77. The zero-order valence-electron chi connectivity index (χ0n) is 15.0. The second-order valence-corrected chi connectivity index (χ2v) is 6.71. The molecule has 0 amide bonds. The van der Waals surface area contributed by atoms with Crippen LogP contribution in [0.3, 0.4) is 0 Å². The van der Waals surface area contributed by atoms with Crippen molar-refractivity contribution in [2.45, 2.75) is 25.7 Å². The zero-order valence-corrected chi connectivity index (χ0v) is 15.0. The maximum atomic E-state index is 9.90. The minimum Gasteiger partial charge on any atom is -0.378 e. The fraction of sp³-hybridized carbons (Fsp3) is 0.400. The number of nitriles is 1. The van der Waals surface area contributed by atoms with Crippen molar-refractivity contribution in [2.75, 3.05) is 36.5 Å². The van der Waals surface area contributed by atoms with Gasteiger partial charge in [-0.1, -0.05) is 25.5 Å². The van der Waals surface area contributed by atoms with Crippen molar-refractivity contribution >= 4 is 11.5 Å². The maximum Gasteiger partial charge on any atom is 0.129 e. The number of ether oxygens (including phenoxy) is 1. The van der Waals surface area contributed by atoms with Crippen LogP contribution in [0.1, 0.15) is 36.8 Å². The first-order chi connectivity index (χ1) is 12.8. The van der Waals surface area contributed by atoms with Gasteiger partial charge in [0.2, 0.25) is 0 Å². The summed E-state index contributed by atoms with van der Waals surface area (Å²) in [7, 11) is 0. The average Bonchev–Trinajstić information content (AvgIpc) is 3.16. The minimum atomic E-state index is -0.0856. The molecule has 1 aromatic carbocycles. The summed E-state index contributed by atoms with van der Waals surface area (Å²) in [6.07, 6.45) is 3.66. The molecule has 26 heavy (non-hydrogen) atoms. The number of benzene rings is 1. The lowest BCUT2D eigenvalue weighted by atomic mass is 9.82. The lowest BCUT2D eigenvalue weighted by Crippen LogP contribution is -2.36. The lowest BCUT2D eigenvalue weighted by Gasteiger charge is -2.30. The van der Waals surface area contributed by atoms with Crippen LogP contribution in [0.5, 0.6) is 0 Å². The van der Waals surface area contributed by atoms with E-state index in [4.69, 9.17) is 4.74 Å². The Morgan fingerprint density at radius 3 is 2.96 bits per heavy atom. The van der Waals surface area contributed by atoms with E-state index in [9.17, 15) is 5.26 Å². The number of nitrogens with one attached hydrogen (secondary N) is 2. The molecule has 0 radical (unpaired) electrons. The first-order valence-corrected chi connectivity index (χ1v) is 9.18. The predicted octanol–water partition coefficient (Wildman–Crippen LogP) is 3.38. The maximum absolute atomic E-state index is 9.90. The molecule has 4 rings (SSSR count). The van der Waals surface area contributed by atoms with Gasteiger partial charge in [0.25, 0.3) is 0 Å². The van der Waals surface area contributed by atoms with Crippen molar-refractivity contribution in [3.8, 4) is 6.07 Å². The molecule has 2 aliphatic heterocycles. The Kier molecular flexibility index (Phi) is 4.63. The topological polar surface area (TPSA) is 77.0 Å². The van der Waals surface area contributed by atoms with Gasteiger partial charge >= 0.3 is 0 Å². The lowest BCUT2D eigenvalue weighted by molar-refractivity contribution is 0.122. The standard InChI is InChI=1S/C20H23N5O/c1-2-4-18-16(12-21)19(17-13-22-24-20(17)23-18)14-5-3-6-15(11-14)25-7-9-26-10-8-25/h3,5-6,11,13,19H,2,4,7-10H2,1H3,(H2,22,23,24). The molecular formula is C20H23N5O. The summed E-state index contributed by atoms with van der Waals surface area (Å²) in [4.78, 5) is 2.34. The normalized spacial score (nSPS) is 19.7. The number of morpholine rings is 1. The molecular weight excluding hydrogens is 326 g/mol. The van der Waals surface area contributed by atoms with Gasteiger partial charge in [0.1, 0.15) is 5.82 Å². The van der Waals surface area contributed by atoms with E-state index in [0.717, 1.165) is 67.4 Å². The van der Waals surface area contributed by atoms with Crippen LogP contribution in [0.25, 0.3) is 0 Å². The Morgan fingerprint density at radius 1 is 1.35 bits per heavy atom. The molecule has 1 aromatic heterocycles. The van der Waals surface area contributed by atoms with Crippen molar-refractivity contribution in [2.24, 2.45) is 0 Å². The Hall–Kier alpha value is -2.78. The molecule has 1 saturated heterocycles. The SMILES string of the molecule is CCCC1=C(C#N)C(c2cccc(N3CCOCC3)c2)c2cn[nH]c2N1. The summed E-state index contributed by atoms with van der Waals surface area (Å²) in [5.41, 5.74) is 5.13. The number of allylic oxidation sites excluding steroid dienone is 2. The first kappa shape index (κ1) is 16.7. The van der Waals surface area contributed by atoms with Gasteiger partial charge in [0, 0.05) is 30.0 Å². The Morgan fingerprint density at radius 2 is 2.19 bits per heavy atom. The van der Waals surface area contributed by atoms with Gasteiger partial charge in [-0.15, -0.1) is 0 Å². The van der Waals surface area contributed by atoms with E-state index in [1.807, 2.05) is 6.20 Å². The molecule has 0 saturated carbocycles. The van der Waals surface area contributed by atoms with Gasteiger partial charge in [0.15, 0.2) is 0 Å². The molecule has 1 atom stereocenters. The van der Waals surface area contributed by atoms with Crippen molar-refractivity contribution < 1.29 is 4.74 Å². The van der Waals surface area contributed by atoms with E-state index in [2.05, 4.69) is 57.7 Å². The number of hydrogen-bond donors (Lipinski definition) is 2. The van der Waals surface area contributed by atoms with E-state index >= 15 is 0 Å². The number of fused-ring (bicyclic) bond motifs is 1. The van der Waals surface area contributed by atoms with Crippen LogP contribution < -0.4 is 10.2 Å². The Labute approximate surface area is 153 Å². The van der Waals surface area contributed by atoms with Crippen LogP contribution in [0.15, 0.2) is 41.7 Å². The fourth-order valence-electron chi connectivity index (χ4n) is 3.81. The molecule has 2 aliphatic rings. The van der Waals surface area contributed by atoms with Crippen molar-refractivity contribution in [3.05, 3.63) is 52.9 Å². The summed E-state index contributed by atoms with van der Waals surface area (Å²) in [6, 6.07) is 11.0. The molecule has 3 heterocycles. The third-order valence-electron chi connectivity index (χ3n) is 5.07. The minimum absolute atomic E-state index is 0.0856. The number of rotatable bonds is 4. The number of hydrogen-bond acceptors (Lipinski definition) is 5. The summed E-state index contributed by atoms with van der Waals surface area (Å²) in [5, 5.41) is 20.5. The van der Waals surface area contributed by atoms with Crippen molar-refractivity contribution in [1.29, 1.82) is 5.26 Å². The first-order valence-electron chi connectivity index (χ1n) is 9.18. The van der Waals surface area contributed by atoms with Gasteiger partial charge in [-0.3, -0.25) is 5.10 Å². The van der Waals surface area contributed by atoms with Gasteiger partial charge in [-0.2, -0.15) is 10.4 Å². The average molecular weight is 349 g/mol. The highest BCUT2D eigenvalue weighted by molar-refractivity contribution is 5.65. The van der Waals surface area contributed by atoms with E-state index in [1.54, 1.807) is 0 Å². The van der Waals surface area contributed by atoms with Crippen LogP contribution in [0.2, 0.25) is 0 Å².